The van der Waals surface area contributed by atoms with Crippen molar-refractivity contribution in [1.29, 1.82) is 5.26 Å². The van der Waals surface area contributed by atoms with E-state index in [1.807, 2.05) is 31.2 Å². The molecule has 0 saturated heterocycles. The molecule has 21 heavy (non-hydrogen) atoms. The molecule has 1 saturated carbocycles. The zero-order valence-electron chi connectivity index (χ0n) is 11.8. The summed E-state index contributed by atoms with van der Waals surface area (Å²) in [7, 11) is 0. The third kappa shape index (κ3) is 3.11. The number of benzene rings is 1. The van der Waals surface area contributed by atoms with Gasteiger partial charge in [0.1, 0.15) is 11.9 Å². The summed E-state index contributed by atoms with van der Waals surface area (Å²) < 4.78 is 0. The van der Waals surface area contributed by atoms with Crippen LogP contribution in [0.15, 0.2) is 29.1 Å². The van der Waals surface area contributed by atoms with E-state index in [-0.39, 0.29) is 11.1 Å². The molecule has 1 aromatic heterocycles. The normalized spacial score (nSPS) is 13.7. The van der Waals surface area contributed by atoms with Gasteiger partial charge in [0.15, 0.2) is 11.4 Å². The molecule has 1 aliphatic carbocycles. The SMILES string of the molecule is Cc1cccc(Cc2nc(NC3CC3)c(C#N)c(=O)[nH]2)c1. The minimum absolute atomic E-state index is 0.0647. The lowest BCUT2D eigenvalue weighted by molar-refractivity contribution is 0.930. The fourth-order valence-electron chi connectivity index (χ4n) is 2.25. The summed E-state index contributed by atoms with van der Waals surface area (Å²) in [5.41, 5.74) is 1.94. The van der Waals surface area contributed by atoms with Crippen molar-refractivity contribution in [1.82, 2.24) is 9.97 Å². The van der Waals surface area contributed by atoms with Crippen LogP contribution in [0.25, 0.3) is 0 Å². The van der Waals surface area contributed by atoms with Crippen molar-refractivity contribution in [3.63, 3.8) is 0 Å². The van der Waals surface area contributed by atoms with E-state index in [1.54, 1.807) is 0 Å². The zero-order valence-corrected chi connectivity index (χ0v) is 11.8. The summed E-state index contributed by atoms with van der Waals surface area (Å²) in [5.74, 6) is 0.985. The predicted molar refractivity (Wildman–Crippen MR) is 80.2 cm³/mol. The first-order chi connectivity index (χ1) is 10.2. The number of H-pyrrole nitrogens is 1. The Morgan fingerprint density at radius 1 is 1.48 bits per heavy atom. The van der Waals surface area contributed by atoms with Crippen LogP contribution in [0.1, 0.15) is 35.4 Å². The standard InChI is InChI=1S/C16H16N4O/c1-10-3-2-4-11(7-10)8-14-19-15(18-12-5-6-12)13(9-17)16(21)20-14/h2-4,7,12H,5-6,8H2,1H3,(H2,18,19,20,21). The average molecular weight is 280 g/mol. The van der Waals surface area contributed by atoms with E-state index < -0.39 is 0 Å². The molecular weight excluding hydrogens is 264 g/mol. The summed E-state index contributed by atoms with van der Waals surface area (Å²) in [5, 5.41) is 12.3. The second-order valence-corrected chi connectivity index (χ2v) is 5.43. The van der Waals surface area contributed by atoms with Crippen LogP contribution in [-0.4, -0.2) is 16.0 Å². The molecular formula is C16H16N4O. The van der Waals surface area contributed by atoms with Gasteiger partial charge in [-0.3, -0.25) is 4.79 Å². The van der Waals surface area contributed by atoms with Crippen LogP contribution in [-0.2, 0) is 6.42 Å². The second-order valence-electron chi connectivity index (χ2n) is 5.43. The molecule has 0 radical (unpaired) electrons. The number of anilines is 1. The maximum atomic E-state index is 12.0. The van der Waals surface area contributed by atoms with Crippen molar-refractivity contribution in [2.24, 2.45) is 0 Å². The number of aryl methyl sites for hydroxylation is 1. The summed E-state index contributed by atoms with van der Waals surface area (Å²) in [4.78, 5) is 19.1. The molecule has 2 N–H and O–H groups in total. The smallest absolute Gasteiger partial charge is 0.271 e. The zero-order chi connectivity index (χ0) is 14.8. The third-order valence-electron chi connectivity index (χ3n) is 3.45. The molecule has 3 rings (SSSR count). The molecule has 0 atom stereocenters. The predicted octanol–water partition coefficient (Wildman–Crippen LogP) is 2.12. The van der Waals surface area contributed by atoms with Gasteiger partial charge < -0.3 is 10.3 Å². The lowest BCUT2D eigenvalue weighted by Gasteiger charge is -2.08. The highest BCUT2D eigenvalue weighted by Gasteiger charge is 2.24. The fraction of sp³-hybridized carbons (Fsp3) is 0.312. The first-order valence-electron chi connectivity index (χ1n) is 7.01. The van der Waals surface area contributed by atoms with Crippen molar-refractivity contribution in [2.45, 2.75) is 32.2 Å². The Kier molecular flexibility index (Phi) is 3.44. The van der Waals surface area contributed by atoms with E-state index in [4.69, 9.17) is 5.26 Å². The molecule has 0 amide bonds. The Bertz CT molecular complexity index is 769. The number of nitrogens with one attached hydrogen (secondary N) is 2. The van der Waals surface area contributed by atoms with E-state index in [1.165, 1.54) is 5.56 Å². The Balaban J connectivity index is 1.93. The van der Waals surface area contributed by atoms with Crippen molar-refractivity contribution in [2.75, 3.05) is 5.32 Å². The van der Waals surface area contributed by atoms with E-state index >= 15 is 0 Å². The van der Waals surface area contributed by atoms with Crippen LogP contribution in [0.2, 0.25) is 0 Å². The number of nitrogens with zero attached hydrogens (tertiary/aromatic N) is 2. The van der Waals surface area contributed by atoms with Gasteiger partial charge in [-0.1, -0.05) is 29.8 Å². The molecule has 5 nitrogen and oxygen atoms in total. The van der Waals surface area contributed by atoms with Crippen molar-refractivity contribution in [3.05, 3.63) is 57.1 Å². The number of nitriles is 1. The molecule has 2 aromatic rings. The summed E-state index contributed by atoms with van der Waals surface area (Å²) in [6, 6.07) is 10.3. The molecule has 0 aliphatic heterocycles. The van der Waals surface area contributed by atoms with Gasteiger partial charge in [0, 0.05) is 12.5 Å². The fourth-order valence-corrected chi connectivity index (χ4v) is 2.25. The quantitative estimate of drug-likeness (QED) is 0.898. The number of hydrogen-bond acceptors (Lipinski definition) is 4. The van der Waals surface area contributed by atoms with Crippen LogP contribution in [0.4, 0.5) is 5.82 Å². The minimum Gasteiger partial charge on any atom is -0.366 e. The largest absolute Gasteiger partial charge is 0.366 e. The lowest BCUT2D eigenvalue weighted by atomic mass is 10.1. The Morgan fingerprint density at radius 2 is 2.29 bits per heavy atom. The number of aromatic nitrogens is 2. The molecule has 1 aromatic carbocycles. The van der Waals surface area contributed by atoms with Gasteiger partial charge in [-0.2, -0.15) is 5.26 Å². The van der Waals surface area contributed by atoms with Crippen molar-refractivity contribution >= 4 is 5.82 Å². The summed E-state index contributed by atoms with van der Waals surface area (Å²) in [6.45, 7) is 2.03. The molecule has 0 unspecified atom stereocenters. The average Bonchev–Trinajstić information content (AvgIpc) is 3.22. The van der Waals surface area contributed by atoms with E-state index in [0.29, 0.717) is 24.1 Å². The molecule has 106 valence electrons. The Morgan fingerprint density at radius 3 is 2.95 bits per heavy atom. The Hall–Kier alpha value is -2.61. The van der Waals surface area contributed by atoms with Crippen LogP contribution in [0, 0.1) is 18.3 Å². The summed E-state index contributed by atoms with van der Waals surface area (Å²) >= 11 is 0. The monoisotopic (exact) mass is 280 g/mol. The van der Waals surface area contributed by atoms with Crippen LogP contribution < -0.4 is 10.9 Å². The number of rotatable bonds is 4. The molecule has 1 heterocycles. The van der Waals surface area contributed by atoms with Gasteiger partial charge >= 0.3 is 0 Å². The third-order valence-corrected chi connectivity index (χ3v) is 3.45. The first-order valence-corrected chi connectivity index (χ1v) is 7.01. The van der Waals surface area contributed by atoms with E-state index in [9.17, 15) is 4.79 Å². The lowest BCUT2D eigenvalue weighted by Crippen LogP contribution is -2.19. The highest BCUT2D eigenvalue weighted by molar-refractivity contribution is 5.52. The molecule has 5 heteroatoms. The van der Waals surface area contributed by atoms with Gasteiger partial charge in [-0.15, -0.1) is 0 Å². The van der Waals surface area contributed by atoms with Gasteiger partial charge in [0.05, 0.1) is 0 Å². The van der Waals surface area contributed by atoms with Gasteiger partial charge in [0.25, 0.3) is 5.56 Å². The van der Waals surface area contributed by atoms with E-state index in [0.717, 1.165) is 18.4 Å². The van der Waals surface area contributed by atoms with Gasteiger partial charge in [-0.25, -0.2) is 4.98 Å². The van der Waals surface area contributed by atoms with Crippen LogP contribution in [0.3, 0.4) is 0 Å². The number of aromatic amines is 1. The summed E-state index contributed by atoms with van der Waals surface area (Å²) in [6.07, 6.45) is 2.67. The molecule has 1 aliphatic rings. The molecule has 0 spiro atoms. The first kappa shape index (κ1) is 13.4. The van der Waals surface area contributed by atoms with Crippen LogP contribution >= 0.6 is 0 Å². The maximum absolute atomic E-state index is 12.0. The Labute approximate surface area is 122 Å². The highest BCUT2D eigenvalue weighted by Crippen LogP contribution is 2.24. The maximum Gasteiger partial charge on any atom is 0.271 e. The second kappa shape index (κ2) is 5.41. The van der Waals surface area contributed by atoms with Crippen molar-refractivity contribution in [3.8, 4) is 6.07 Å². The van der Waals surface area contributed by atoms with E-state index in [2.05, 4.69) is 21.4 Å². The highest BCUT2D eigenvalue weighted by atomic mass is 16.1. The minimum atomic E-state index is -0.377. The van der Waals surface area contributed by atoms with Crippen LogP contribution in [0.5, 0.6) is 0 Å². The number of hydrogen-bond donors (Lipinski definition) is 2. The van der Waals surface area contributed by atoms with Gasteiger partial charge in [0.2, 0.25) is 0 Å². The molecule has 0 bridgehead atoms. The topological polar surface area (TPSA) is 81.6 Å². The molecule has 1 fully saturated rings. The van der Waals surface area contributed by atoms with Crippen molar-refractivity contribution < 1.29 is 0 Å². The van der Waals surface area contributed by atoms with Gasteiger partial charge in [-0.05, 0) is 25.3 Å².